The van der Waals surface area contributed by atoms with E-state index in [-0.39, 0.29) is 25.2 Å². The third-order valence-electron chi connectivity index (χ3n) is 8.36. The molecule has 0 fully saturated rings. The average molecular weight is 682 g/mol. The van der Waals surface area contributed by atoms with Crippen LogP contribution < -0.4 is 10.2 Å². The predicted octanol–water partition coefficient (Wildman–Crippen LogP) is 8.63. The van der Waals surface area contributed by atoms with Crippen molar-refractivity contribution >= 4 is 23.0 Å². The summed E-state index contributed by atoms with van der Waals surface area (Å²) < 4.78 is 24.2. The van der Waals surface area contributed by atoms with Gasteiger partial charge in [-0.1, -0.05) is 128 Å². The minimum atomic E-state index is -0.874. The lowest BCUT2D eigenvalue weighted by Crippen LogP contribution is -2.43. The van der Waals surface area contributed by atoms with Crippen LogP contribution in [0.1, 0.15) is 36.0 Å². The second-order valence-electron chi connectivity index (χ2n) is 12.1. The van der Waals surface area contributed by atoms with Crippen molar-refractivity contribution in [3.63, 3.8) is 0 Å². The van der Waals surface area contributed by atoms with Crippen molar-refractivity contribution in [2.75, 3.05) is 19.7 Å². The molecule has 5 aromatic carbocycles. The molecule has 51 heavy (non-hydrogen) atoms. The lowest BCUT2D eigenvalue weighted by molar-refractivity contribution is -0.152. The molecule has 1 unspecified atom stereocenters. The Morgan fingerprint density at radius 1 is 0.745 bits per heavy atom. The molecule has 1 atom stereocenters. The molecule has 6 rings (SSSR count). The number of carbonyl (C=O) groups is 2. The summed E-state index contributed by atoms with van der Waals surface area (Å²) in [6.07, 6.45) is -0.738. The molecule has 1 amide bonds. The number of amides is 1. The molecule has 0 N–H and O–H groups in total. The van der Waals surface area contributed by atoms with Gasteiger partial charge in [-0.25, -0.2) is 4.79 Å². The summed E-state index contributed by atoms with van der Waals surface area (Å²) in [5.74, 6) is -0.333. The van der Waals surface area contributed by atoms with Crippen LogP contribution in [-0.2, 0) is 20.9 Å². The number of hydrogen-bond acceptors (Lipinski definition) is 7. The minimum absolute atomic E-state index is 0.0321. The summed E-state index contributed by atoms with van der Waals surface area (Å²) in [4.78, 5) is 42.0. The molecular formula is C43H39NO7. The molecule has 8 nitrogen and oxygen atoms in total. The van der Waals surface area contributed by atoms with Gasteiger partial charge in [-0.05, 0) is 35.2 Å². The summed E-state index contributed by atoms with van der Waals surface area (Å²) in [6.45, 7) is 2.40. The Labute approximate surface area is 296 Å². The summed E-state index contributed by atoms with van der Waals surface area (Å²) in [5, 5.41) is 0.411. The summed E-state index contributed by atoms with van der Waals surface area (Å²) in [7, 11) is 0. The fraction of sp³-hybridized carbons (Fsp3) is 0.186. The van der Waals surface area contributed by atoms with Gasteiger partial charge in [0.15, 0.2) is 11.5 Å². The van der Waals surface area contributed by atoms with E-state index in [2.05, 4.69) is 0 Å². The largest absolute Gasteiger partial charge is 0.490 e. The number of hydrogen-bond donors (Lipinski definition) is 0. The van der Waals surface area contributed by atoms with E-state index in [0.717, 1.165) is 22.3 Å². The molecule has 0 saturated heterocycles. The average Bonchev–Trinajstić information content (AvgIpc) is 3.17. The highest BCUT2D eigenvalue weighted by Gasteiger charge is 2.30. The van der Waals surface area contributed by atoms with Crippen LogP contribution in [0.25, 0.3) is 22.3 Å². The van der Waals surface area contributed by atoms with Crippen LogP contribution in [0.15, 0.2) is 155 Å². The van der Waals surface area contributed by atoms with E-state index in [1.54, 1.807) is 18.2 Å². The zero-order chi connectivity index (χ0) is 35.4. The first-order valence-electron chi connectivity index (χ1n) is 17.0. The van der Waals surface area contributed by atoms with Gasteiger partial charge >= 0.3 is 12.1 Å². The number of carbonyl (C=O) groups excluding carboxylic acids is 2. The van der Waals surface area contributed by atoms with Crippen LogP contribution >= 0.6 is 0 Å². The smallest absolute Gasteiger partial charge is 0.410 e. The Kier molecular flexibility index (Phi) is 11.6. The number of fused-ring (bicyclic) bond motifs is 1. The van der Waals surface area contributed by atoms with Gasteiger partial charge in [0.25, 0.3) is 0 Å². The molecule has 0 radical (unpaired) electrons. The van der Waals surface area contributed by atoms with Crippen molar-refractivity contribution < 1.29 is 28.2 Å². The van der Waals surface area contributed by atoms with Gasteiger partial charge in [-0.3, -0.25) is 9.59 Å². The van der Waals surface area contributed by atoms with E-state index < -0.39 is 24.1 Å². The fourth-order valence-electron chi connectivity index (χ4n) is 5.85. The molecule has 8 heteroatoms. The first kappa shape index (κ1) is 34.7. The second-order valence-corrected chi connectivity index (χ2v) is 12.1. The second kappa shape index (κ2) is 17.0. The Morgan fingerprint density at radius 2 is 1.35 bits per heavy atom. The number of rotatable bonds is 14. The topological polar surface area (TPSA) is 95.3 Å². The molecule has 1 aromatic heterocycles. The van der Waals surface area contributed by atoms with Crippen molar-refractivity contribution in [1.82, 2.24) is 4.90 Å². The molecule has 258 valence electrons. The third-order valence-corrected chi connectivity index (χ3v) is 8.36. The molecule has 1 heterocycles. The maximum Gasteiger partial charge on any atom is 0.410 e. The quantitative estimate of drug-likeness (QED) is 0.106. The van der Waals surface area contributed by atoms with E-state index in [0.29, 0.717) is 35.4 Å². The summed E-state index contributed by atoms with van der Waals surface area (Å²) in [5.41, 5.74) is 3.37. The van der Waals surface area contributed by atoms with Crippen LogP contribution in [0.4, 0.5) is 4.79 Å². The summed E-state index contributed by atoms with van der Waals surface area (Å²) >= 11 is 0. The van der Waals surface area contributed by atoms with Crippen molar-refractivity contribution in [3.05, 3.63) is 173 Å². The van der Waals surface area contributed by atoms with E-state index in [1.165, 1.54) is 11.0 Å². The maximum atomic E-state index is 14.1. The molecule has 6 aromatic rings. The van der Waals surface area contributed by atoms with Gasteiger partial charge < -0.3 is 23.5 Å². The zero-order valence-electron chi connectivity index (χ0n) is 28.4. The molecular weight excluding hydrogens is 642 g/mol. The van der Waals surface area contributed by atoms with E-state index in [4.69, 9.17) is 18.6 Å². The van der Waals surface area contributed by atoms with Gasteiger partial charge in [0.05, 0.1) is 11.9 Å². The van der Waals surface area contributed by atoms with Crippen LogP contribution in [0.3, 0.4) is 0 Å². The molecule has 0 aliphatic carbocycles. The van der Waals surface area contributed by atoms with E-state index in [9.17, 15) is 14.4 Å². The maximum absolute atomic E-state index is 14.1. The highest BCUT2D eigenvalue weighted by atomic mass is 16.6. The molecule has 0 aliphatic heterocycles. The van der Waals surface area contributed by atoms with Crippen molar-refractivity contribution in [2.24, 2.45) is 0 Å². The van der Waals surface area contributed by atoms with Gasteiger partial charge in [0.1, 0.15) is 36.2 Å². The standard InChI is InChI=1S/C43H39NO7/c1-2-25-44(43(47)49-29-31-15-7-3-8-16-31)28-36(50-42(46)41(33-19-11-5-12-20-33)34-21-13-6-14-22-34)30-48-35-23-24-37-38(45)27-39(51-40(37)26-35)32-17-9-4-10-18-32/h3-24,26-27,36,41H,2,25,28-30H2,1H3. The Balaban J connectivity index is 1.26. The normalized spacial score (nSPS) is 11.6. The molecule has 0 saturated carbocycles. The Morgan fingerprint density at radius 3 is 1.98 bits per heavy atom. The molecule has 0 bridgehead atoms. The van der Waals surface area contributed by atoms with Gasteiger partial charge in [0, 0.05) is 24.2 Å². The van der Waals surface area contributed by atoms with Crippen LogP contribution in [-0.4, -0.2) is 42.8 Å². The first-order valence-corrected chi connectivity index (χ1v) is 17.0. The van der Waals surface area contributed by atoms with Crippen LogP contribution in [0, 0.1) is 0 Å². The molecule has 0 aliphatic rings. The van der Waals surface area contributed by atoms with E-state index in [1.807, 2.05) is 128 Å². The van der Waals surface area contributed by atoms with Gasteiger partial charge in [0.2, 0.25) is 0 Å². The van der Waals surface area contributed by atoms with Crippen LogP contribution in [0.2, 0.25) is 0 Å². The number of nitrogens with zero attached hydrogens (tertiary/aromatic N) is 1. The monoisotopic (exact) mass is 681 g/mol. The number of esters is 1. The third kappa shape index (κ3) is 9.10. The van der Waals surface area contributed by atoms with Gasteiger partial charge in [-0.15, -0.1) is 0 Å². The van der Waals surface area contributed by atoms with Gasteiger partial charge in [-0.2, -0.15) is 0 Å². The predicted molar refractivity (Wildman–Crippen MR) is 197 cm³/mol. The highest BCUT2D eigenvalue weighted by Crippen LogP contribution is 2.28. The first-order chi connectivity index (χ1) is 25.0. The van der Waals surface area contributed by atoms with Crippen molar-refractivity contribution in [3.8, 4) is 17.1 Å². The Hall–Kier alpha value is -6.15. The number of benzene rings is 5. The lowest BCUT2D eigenvalue weighted by Gasteiger charge is -2.28. The Bertz CT molecular complexity index is 2040. The highest BCUT2D eigenvalue weighted by molar-refractivity contribution is 5.82. The van der Waals surface area contributed by atoms with Crippen molar-refractivity contribution in [1.29, 1.82) is 0 Å². The van der Waals surface area contributed by atoms with Crippen molar-refractivity contribution in [2.45, 2.75) is 32.0 Å². The SMILES string of the molecule is CCCN(CC(COc1ccc2c(=O)cc(-c3ccccc3)oc2c1)OC(=O)C(c1ccccc1)c1ccccc1)C(=O)OCc1ccccc1. The lowest BCUT2D eigenvalue weighted by atomic mass is 9.91. The number of ether oxygens (including phenoxy) is 3. The summed E-state index contributed by atoms with van der Waals surface area (Å²) in [6, 6.07) is 44.1. The minimum Gasteiger partial charge on any atom is -0.490 e. The fourth-order valence-corrected chi connectivity index (χ4v) is 5.85. The van der Waals surface area contributed by atoms with E-state index >= 15 is 0 Å². The van der Waals surface area contributed by atoms with Crippen LogP contribution in [0.5, 0.6) is 5.75 Å². The zero-order valence-corrected chi connectivity index (χ0v) is 28.4. The molecule has 0 spiro atoms.